The summed E-state index contributed by atoms with van der Waals surface area (Å²) in [6, 6.07) is 11.1. The van der Waals surface area contributed by atoms with Gasteiger partial charge in [-0.15, -0.1) is 0 Å². The highest BCUT2D eigenvalue weighted by Gasteiger charge is 2.11. The third kappa shape index (κ3) is 3.16. The molecule has 0 radical (unpaired) electrons. The number of carbonyl (C=O) groups excluding carboxylic acids is 1. The maximum Gasteiger partial charge on any atom is 0.335 e. The van der Waals surface area contributed by atoms with Gasteiger partial charge in [-0.05, 0) is 48.9 Å². The Morgan fingerprint density at radius 1 is 1.10 bits per heavy atom. The van der Waals surface area contributed by atoms with Crippen LogP contribution in [0.5, 0.6) is 0 Å². The molecule has 1 amide bonds. The van der Waals surface area contributed by atoms with Crippen LogP contribution in [0.1, 0.15) is 26.3 Å². The van der Waals surface area contributed by atoms with Crippen molar-refractivity contribution in [2.75, 3.05) is 5.32 Å². The van der Waals surface area contributed by atoms with Gasteiger partial charge in [0.15, 0.2) is 0 Å². The first-order valence-corrected chi connectivity index (χ1v) is 6.26. The minimum atomic E-state index is -1.01. The number of halogens is 1. The van der Waals surface area contributed by atoms with Gasteiger partial charge >= 0.3 is 5.97 Å². The van der Waals surface area contributed by atoms with E-state index in [2.05, 4.69) is 5.32 Å². The first kappa shape index (κ1) is 14.1. The number of benzene rings is 2. The Balaban J connectivity index is 2.17. The van der Waals surface area contributed by atoms with Crippen LogP contribution in [0.15, 0.2) is 42.5 Å². The number of aryl methyl sites for hydroxylation is 1. The fourth-order valence-electron chi connectivity index (χ4n) is 1.70. The van der Waals surface area contributed by atoms with Crippen LogP contribution in [0.3, 0.4) is 0 Å². The Hall–Kier alpha value is -2.33. The number of aromatic carboxylic acids is 1. The number of anilines is 1. The molecule has 2 N–H and O–H groups in total. The smallest absolute Gasteiger partial charge is 0.335 e. The second-order valence-electron chi connectivity index (χ2n) is 4.32. The standard InChI is InChI=1S/C15H12ClNO3/c1-9-2-7-12(13(16)8-9)14(18)17-11-5-3-10(4-6-11)15(19)20/h2-8H,1H3,(H,17,18)(H,19,20). The maximum absolute atomic E-state index is 12.1. The Kier molecular flexibility index (Phi) is 4.05. The topological polar surface area (TPSA) is 66.4 Å². The van der Waals surface area contributed by atoms with Crippen molar-refractivity contribution in [2.45, 2.75) is 6.92 Å². The van der Waals surface area contributed by atoms with Crippen molar-refractivity contribution in [3.63, 3.8) is 0 Å². The molecule has 0 spiro atoms. The van der Waals surface area contributed by atoms with Crippen LogP contribution < -0.4 is 5.32 Å². The lowest BCUT2D eigenvalue weighted by atomic mass is 10.1. The molecule has 20 heavy (non-hydrogen) atoms. The van der Waals surface area contributed by atoms with Crippen LogP contribution in [0, 0.1) is 6.92 Å². The lowest BCUT2D eigenvalue weighted by Crippen LogP contribution is -2.12. The van der Waals surface area contributed by atoms with Crippen molar-refractivity contribution in [1.29, 1.82) is 0 Å². The zero-order valence-corrected chi connectivity index (χ0v) is 11.4. The molecule has 0 aromatic heterocycles. The molecule has 0 aliphatic rings. The number of nitrogens with one attached hydrogen (secondary N) is 1. The second kappa shape index (κ2) is 5.75. The molecule has 102 valence electrons. The maximum atomic E-state index is 12.1. The van der Waals surface area contributed by atoms with Gasteiger partial charge < -0.3 is 10.4 Å². The van der Waals surface area contributed by atoms with Crippen LogP contribution in [0.25, 0.3) is 0 Å². The van der Waals surface area contributed by atoms with Crippen LogP contribution >= 0.6 is 11.6 Å². The van der Waals surface area contributed by atoms with E-state index >= 15 is 0 Å². The van der Waals surface area contributed by atoms with E-state index in [4.69, 9.17) is 16.7 Å². The van der Waals surface area contributed by atoms with E-state index in [1.807, 2.05) is 6.92 Å². The predicted octanol–water partition coefficient (Wildman–Crippen LogP) is 3.60. The average molecular weight is 290 g/mol. The normalized spacial score (nSPS) is 10.1. The highest BCUT2D eigenvalue weighted by molar-refractivity contribution is 6.34. The predicted molar refractivity (Wildman–Crippen MR) is 77.5 cm³/mol. The van der Waals surface area contributed by atoms with Gasteiger partial charge in [-0.2, -0.15) is 0 Å². The van der Waals surface area contributed by atoms with E-state index in [0.717, 1.165) is 5.56 Å². The zero-order chi connectivity index (χ0) is 14.7. The summed E-state index contributed by atoms with van der Waals surface area (Å²) in [4.78, 5) is 22.8. The average Bonchev–Trinajstić information content (AvgIpc) is 2.39. The fraction of sp³-hybridized carbons (Fsp3) is 0.0667. The molecule has 0 atom stereocenters. The number of rotatable bonds is 3. The summed E-state index contributed by atoms with van der Waals surface area (Å²) in [6.07, 6.45) is 0. The third-order valence-electron chi connectivity index (χ3n) is 2.76. The molecular weight excluding hydrogens is 278 g/mol. The summed E-state index contributed by atoms with van der Waals surface area (Å²) in [7, 11) is 0. The zero-order valence-electron chi connectivity index (χ0n) is 10.7. The Morgan fingerprint density at radius 2 is 1.75 bits per heavy atom. The van der Waals surface area contributed by atoms with E-state index in [1.165, 1.54) is 24.3 Å². The van der Waals surface area contributed by atoms with Gasteiger partial charge in [0, 0.05) is 5.69 Å². The Morgan fingerprint density at radius 3 is 2.30 bits per heavy atom. The van der Waals surface area contributed by atoms with Crippen molar-refractivity contribution in [3.05, 3.63) is 64.2 Å². The molecule has 0 saturated carbocycles. The number of hydrogen-bond donors (Lipinski definition) is 2. The molecule has 0 aliphatic carbocycles. The summed E-state index contributed by atoms with van der Waals surface area (Å²) < 4.78 is 0. The molecule has 2 aromatic carbocycles. The van der Waals surface area contributed by atoms with Gasteiger partial charge in [0.25, 0.3) is 5.91 Å². The fourth-order valence-corrected chi connectivity index (χ4v) is 2.02. The highest BCUT2D eigenvalue weighted by atomic mass is 35.5. The Bertz CT molecular complexity index is 665. The molecule has 0 fully saturated rings. The van der Waals surface area contributed by atoms with Crippen molar-refractivity contribution in [3.8, 4) is 0 Å². The van der Waals surface area contributed by atoms with Gasteiger partial charge in [-0.1, -0.05) is 17.7 Å². The quantitative estimate of drug-likeness (QED) is 0.907. The number of carboxylic acids is 1. The van der Waals surface area contributed by atoms with Crippen molar-refractivity contribution >= 4 is 29.2 Å². The van der Waals surface area contributed by atoms with Gasteiger partial charge in [0.05, 0.1) is 16.1 Å². The van der Waals surface area contributed by atoms with Crippen LogP contribution in [0.2, 0.25) is 5.02 Å². The van der Waals surface area contributed by atoms with Gasteiger partial charge in [-0.25, -0.2) is 4.79 Å². The molecule has 4 nitrogen and oxygen atoms in total. The van der Waals surface area contributed by atoms with Gasteiger partial charge in [0.1, 0.15) is 0 Å². The minimum absolute atomic E-state index is 0.163. The summed E-state index contributed by atoms with van der Waals surface area (Å²) >= 11 is 6.02. The molecular formula is C15H12ClNO3. The van der Waals surface area contributed by atoms with E-state index < -0.39 is 5.97 Å². The highest BCUT2D eigenvalue weighted by Crippen LogP contribution is 2.19. The third-order valence-corrected chi connectivity index (χ3v) is 3.07. The van der Waals surface area contributed by atoms with Crippen LogP contribution in [-0.2, 0) is 0 Å². The van der Waals surface area contributed by atoms with Crippen molar-refractivity contribution in [2.24, 2.45) is 0 Å². The summed E-state index contributed by atoms with van der Waals surface area (Å²) in [6.45, 7) is 1.89. The molecule has 2 aromatic rings. The second-order valence-corrected chi connectivity index (χ2v) is 4.73. The lowest BCUT2D eigenvalue weighted by molar-refractivity contribution is 0.0696. The summed E-state index contributed by atoms with van der Waals surface area (Å²) in [5.74, 6) is -1.34. The van der Waals surface area contributed by atoms with Gasteiger partial charge in [0.2, 0.25) is 0 Å². The SMILES string of the molecule is Cc1ccc(C(=O)Nc2ccc(C(=O)O)cc2)c(Cl)c1. The van der Waals surface area contributed by atoms with E-state index in [-0.39, 0.29) is 11.5 Å². The van der Waals surface area contributed by atoms with E-state index in [1.54, 1.807) is 18.2 Å². The summed E-state index contributed by atoms with van der Waals surface area (Å²) in [5.41, 5.74) is 2.02. The van der Waals surface area contributed by atoms with Crippen LogP contribution in [0.4, 0.5) is 5.69 Å². The first-order valence-electron chi connectivity index (χ1n) is 5.88. The van der Waals surface area contributed by atoms with Crippen molar-refractivity contribution < 1.29 is 14.7 Å². The summed E-state index contributed by atoms with van der Waals surface area (Å²) in [5, 5.41) is 11.8. The molecule has 0 heterocycles. The number of carbonyl (C=O) groups is 2. The number of hydrogen-bond acceptors (Lipinski definition) is 2. The van der Waals surface area contributed by atoms with Gasteiger partial charge in [-0.3, -0.25) is 4.79 Å². The van der Waals surface area contributed by atoms with E-state index in [9.17, 15) is 9.59 Å². The molecule has 0 aliphatic heterocycles. The molecule has 0 saturated heterocycles. The first-order chi connectivity index (χ1) is 9.47. The van der Waals surface area contributed by atoms with Crippen molar-refractivity contribution in [1.82, 2.24) is 0 Å². The molecule has 0 unspecified atom stereocenters. The largest absolute Gasteiger partial charge is 0.478 e. The van der Waals surface area contributed by atoms with E-state index in [0.29, 0.717) is 16.3 Å². The molecule has 5 heteroatoms. The molecule has 0 bridgehead atoms. The number of carboxylic acid groups (broad SMARTS) is 1. The van der Waals surface area contributed by atoms with Crippen LogP contribution in [-0.4, -0.2) is 17.0 Å². The molecule has 2 rings (SSSR count). The number of amides is 1. The lowest BCUT2D eigenvalue weighted by Gasteiger charge is -2.07. The Labute approximate surface area is 121 Å². The minimum Gasteiger partial charge on any atom is -0.478 e. The monoisotopic (exact) mass is 289 g/mol.